The number of fused-ring (bicyclic) bond motifs is 10. The zero-order valence-corrected chi connectivity index (χ0v) is 24.7. The fourth-order valence-electron chi connectivity index (χ4n) is 7.16. The highest BCUT2D eigenvalue weighted by molar-refractivity contribution is 6.29. The lowest BCUT2D eigenvalue weighted by atomic mass is 9.99. The number of rotatable bonds is 3. The Labute approximate surface area is 263 Å². The van der Waals surface area contributed by atoms with Crippen LogP contribution in [0.4, 0.5) is 0 Å². The molecular weight excluding hydrogens is 562 g/mol. The Kier molecular flexibility index (Phi) is 5.22. The molecule has 0 saturated heterocycles. The molecule has 7 aromatic carbocycles. The minimum absolute atomic E-state index is 0.646. The van der Waals surface area contributed by atoms with Crippen LogP contribution < -0.4 is 0 Å². The fraction of sp³-hybridized carbons (Fsp3) is 0. The van der Waals surface area contributed by atoms with Crippen molar-refractivity contribution in [1.29, 1.82) is 0 Å². The lowest BCUT2D eigenvalue weighted by Gasteiger charge is -2.13. The number of para-hydroxylation sites is 2. The van der Waals surface area contributed by atoms with E-state index in [-0.39, 0.29) is 0 Å². The highest BCUT2D eigenvalue weighted by atomic mass is 15.3. The van der Waals surface area contributed by atoms with Crippen LogP contribution in [-0.2, 0) is 0 Å². The maximum Gasteiger partial charge on any atom is 0.235 e. The van der Waals surface area contributed by atoms with Crippen molar-refractivity contribution in [2.24, 2.45) is 0 Å². The maximum absolute atomic E-state index is 5.36. The van der Waals surface area contributed by atoms with Gasteiger partial charge in [-0.1, -0.05) is 115 Å². The average Bonchev–Trinajstić information content (AvgIpc) is 3.71. The van der Waals surface area contributed by atoms with Crippen LogP contribution in [0.15, 0.2) is 152 Å². The lowest BCUT2D eigenvalue weighted by Crippen LogP contribution is -2.04. The van der Waals surface area contributed by atoms with E-state index in [0.717, 1.165) is 60.6 Å². The molecule has 0 aliphatic carbocycles. The predicted molar refractivity (Wildman–Crippen MR) is 189 cm³/mol. The van der Waals surface area contributed by atoms with Crippen molar-refractivity contribution >= 4 is 65.2 Å². The Morgan fingerprint density at radius 3 is 2.02 bits per heavy atom. The van der Waals surface area contributed by atoms with Crippen LogP contribution in [0.3, 0.4) is 0 Å². The fourth-order valence-corrected chi connectivity index (χ4v) is 7.16. The van der Waals surface area contributed by atoms with E-state index in [1.54, 1.807) is 0 Å². The standard InChI is InChI=1S/C41H25N5/c1-3-12-28(13-4-1)39-31-17-9-10-18-34(31)43-41(44-39)45-36-24-23-35-33(25-42-46(35)29-14-5-2-6-15-29)38(36)32-22-21-27-20-19-26-11-7-8-16-30(26)37(27)40(32)45/h1-25H. The van der Waals surface area contributed by atoms with Crippen LogP contribution in [0.25, 0.3) is 88.0 Å². The van der Waals surface area contributed by atoms with Crippen molar-refractivity contribution in [3.05, 3.63) is 152 Å². The summed E-state index contributed by atoms with van der Waals surface area (Å²) in [5.74, 6) is 0.646. The van der Waals surface area contributed by atoms with Crippen LogP contribution in [0, 0.1) is 0 Å². The topological polar surface area (TPSA) is 48.5 Å². The van der Waals surface area contributed by atoms with E-state index in [2.05, 4.69) is 120 Å². The van der Waals surface area contributed by atoms with Crippen molar-refractivity contribution in [2.75, 3.05) is 0 Å². The molecule has 5 heteroatoms. The zero-order valence-electron chi connectivity index (χ0n) is 24.7. The van der Waals surface area contributed by atoms with Gasteiger partial charge in [-0.3, -0.25) is 4.57 Å². The zero-order chi connectivity index (χ0) is 30.2. The summed E-state index contributed by atoms with van der Waals surface area (Å²) in [5, 5.41) is 14.1. The van der Waals surface area contributed by atoms with E-state index in [1.807, 2.05) is 41.2 Å². The van der Waals surface area contributed by atoms with Gasteiger partial charge in [0.15, 0.2) is 0 Å². The van der Waals surface area contributed by atoms with Crippen molar-refractivity contribution in [1.82, 2.24) is 24.3 Å². The van der Waals surface area contributed by atoms with E-state index in [0.29, 0.717) is 5.95 Å². The molecule has 0 aliphatic rings. The molecule has 0 radical (unpaired) electrons. The van der Waals surface area contributed by atoms with Crippen molar-refractivity contribution in [3.63, 3.8) is 0 Å². The molecule has 0 unspecified atom stereocenters. The summed E-state index contributed by atoms with van der Waals surface area (Å²) in [6.07, 6.45) is 2.00. The molecule has 5 nitrogen and oxygen atoms in total. The van der Waals surface area contributed by atoms with Gasteiger partial charge in [-0.25, -0.2) is 14.6 Å². The Bertz CT molecular complexity index is 2790. The summed E-state index contributed by atoms with van der Waals surface area (Å²) in [6, 6.07) is 50.9. The third-order valence-corrected chi connectivity index (χ3v) is 9.19. The number of benzene rings is 7. The molecule has 214 valence electrons. The van der Waals surface area contributed by atoms with Crippen LogP contribution in [-0.4, -0.2) is 24.3 Å². The largest absolute Gasteiger partial charge is 0.277 e. The van der Waals surface area contributed by atoms with Gasteiger partial charge in [-0.05, 0) is 46.5 Å². The second kappa shape index (κ2) is 9.58. The summed E-state index contributed by atoms with van der Waals surface area (Å²) in [6.45, 7) is 0. The molecule has 10 rings (SSSR count). The predicted octanol–water partition coefficient (Wildman–Crippen LogP) is 10.0. The molecule has 10 aromatic rings. The molecule has 0 fully saturated rings. The first-order valence-corrected chi connectivity index (χ1v) is 15.5. The molecule has 46 heavy (non-hydrogen) atoms. The lowest BCUT2D eigenvalue weighted by molar-refractivity contribution is 0.911. The third-order valence-electron chi connectivity index (χ3n) is 9.19. The van der Waals surface area contributed by atoms with Gasteiger partial charge in [-0.15, -0.1) is 0 Å². The van der Waals surface area contributed by atoms with Gasteiger partial charge in [0.2, 0.25) is 5.95 Å². The Hall–Kier alpha value is -6.33. The van der Waals surface area contributed by atoms with Gasteiger partial charge in [0.1, 0.15) is 0 Å². The molecule has 0 saturated carbocycles. The second-order valence-corrected chi connectivity index (χ2v) is 11.7. The quantitative estimate of drug-likeness (QED) is 0.193. The number of hydrogen-bond acceptors (Lipinski definition) is 3. The second-order valence-electron chi connectivity index (χ2n) is 11.7. The summed E-state index contributed by atoms with van der Waals surface area (Å²) < 4.78 is 4.30. The molecule has 0 atom stereocenters. The van der Waals surface area contributed by atoms with Gasteiger partial charge in [0.05, 0.1) is 39.6 Å². The third kappa shape index (κ3) is 3.54. The molecule has 0 spiro atoms. The monoisotopic (exact) mass is 587 g/mol. The first-order chi connectivity index (χ1) is 22.8. The Morgan fingerprint density at radius 2 is 1.15 bits per heavy atom. The van der Waals surface area contributed by atoms with E-state index in [4.69, 9.17) is 15.1 Å². The van der Waals surface area contributed by atoms with E-state index >= 15 is 0 Å². The Balaban J connectivity index is 1.41. The van der Waals surface area contributed by atoms with Gasteiger partial charge >= 0.3 is 0 Å². The molecule has 0 amide bonds. The first-order valence-electron chi connectivity index (χ1n) is 15.5. The van der Waals surface area contributed by atoms with E-state index < -0.39 is 0 Å². The van der Waals surface area contributed by atoms with Gasteiger partial charge < -0.3 is 0 Å². The highest BCUT2D eigenvalue weighted by Gasteiger charge is 2.22. The molecule has 0 aliphatic heterocycles. The van der Waals surface area contributed by atoms with Crippen molar-refractivity contribution in [3.8, 4) is 22.9 Å². The summed E-state index contributed by atoms with van der Waals surface area (Å²) >= 11 is 0. The van der Waals surface area contributed by atoms with Crippen LogP contribution in [0.1, 0.15) is 0 Å². The van der Waals surface area contributed by atoms with Crippen molar-refractivity contribution < 1.29 is 0 Å². The number of nitrogens with zero attached hydrogens (tertiary/aromatic N) is 5. The van der Waals surface area contributed by atoms with Crippen LogP contribution >= 0.6 is 0 Å². The normalized spacial score (nSPS) is 11.9. The molecule has 3 heterocycles. The minimum Gasteiger partial charge on any atom is -0.277 e. The minimum atomic E-state index is 0.646. The summed E-state index contributed by atoms with van der Waals surface area (Å²) in [5.41, 5.74) is 7.11. The molecule has 3 aromatic heterocycles. The molecule has 0 bridgehead atoms. The highest BCUT2D eigenvalue weighted by Crippen LogP contribution is 2.42. The van der Waals surface area contributed by atoms with Gasteiger partial charge in [-0.2, -0.15) is 5.10 Å². The van der Waals surface area contributed by atoms with Crippen LogP contribution in [0.5, 0.6) is 0 Å². The van der Waals surface area contributed by atoms with Crippen molar-refractivity contribution in [2.45, 2.75) is 0 Å². The SMILES string of the molecule is c1ccc(-c2nc(-n3c4ccc5c(cnn5-c5ccccc5)c4c4ccc5ccc6ccccc6c5c43)nc3ccccc23)cc1. The molecular formula is C41H25N5. The first kappa shape index (κ1) is 25.0. The van der Waals surface area contributed by atoms with Crippen LogP contribution in [0.2, 0.25) is 0 Å². The van der Waals surface area contributed by atoms with E-state index in [1.165, 1.54) is 21.5 Å². The summed E-state index contributed by atoms with van der Waals surface area (Å²) in [4.78, 5) is 10.6. The number of aromatic nitrogens is 5. The van der Waals surface area contributed by atoms with E-state index in [9.17, 15) is 0 Å². The smallest absolute Gasteiger partial charge is 0.235 e. The number of hydrogen-bond donors (Lipinski definition) is 0. The maximum atomic E-state index is 5.36. The Morgan fingerprint density at radius 1 is 0.457 bits per heavy atom. The summed E-state index contributed by atoms with van der Waals surface area (Å²) in [7, 11) is 0. The van der Waals surface area contributed by atoms with Gasteiger partial charge in [0.25, 0.3) is 0 Å². The average molecular weight is 588 g/mol. The van der Waals surface area contributed by atoms with Gasteiger partial charge in [0, 0.05) is 32.5 Å². The molecule has 0 N–H and O–H groups in total.